The molecular formula is C21H20O11. The molecule has 5 N–H and O–H groups in total. The summed E-state index contributed by atoms with van der Waals surface area (Å²) in [5, 5.41) is 50.8. The van der Waals surface area contributed by atoms with Gasteiger partial charge in [0.1, 0.15) is 36.8 Å². The van der Waals surface area contributed by atoms with Gasteiger partial charge in [-0.2, -0.15) is 0 Å². The van der Waals surface area contributed by atoms with Crippen LogP contribution in [0.25, 0.3) is 0 Å². The lowest BCUT2D eigenvalue weighted by atomic mass is 9.86. The average molecular weight is 448 g/mol. The second-order valence-electron chi connectivity index (χ2n) is 7.33. The lowest BCUT2D eigenvalue weighted by Gasteiger charge is -2.44. The van der Waals surface area contributed by atoms with E-state index < -0.39 is 60.6 Å². The Kier molecular flexibility index (Phi) is 5.55. The zero-order valence-corrected chi connectivity index (χ0v) is 16.7. The molecule has 2 aliphatic rings. The molecule has 32 heavy (non-hydrogen) atoms. The molecule has 1 fully saturated rings. The Balaban J connectivity index is 1.60. The van der Waals surface area contributed by atoms with Gasteiger partial charge in [0.25, 0.3) is 0 Å². The molecule has 11 nitrogen and oxygen atoms in total. The number of rotatable bonds is 4. The number of hydrogen-bond acceptors (Lipinski definition) is 11. The molecule has 2 aliphatic heterocycles. The predicted octanol–water partition coefficient (Wildman–Crippen LogP) is 0.370. The zero-order chi connectivity index (χ0) is 23.2. The highest BCUT2D eigenvalue weighted by Crippen LogP contribution is 2.49. The molecule has 0 amide bonds. The van der Waals surface area contributed by atoms with Crippen molar-refractivity contribution < 1.29 is 54.1 Å². The summed E-state index contributed by atoms with van der Waals surface area (Å²) in [6, 6.07) is 6.32. The fourth-order valence-corrected chi connectivity index (χ4v) is 3.78. The number of aliphatic hydroxyl groups excluding tert-OH is 2. The van der Waals surface area contributed by atoms with Gasteiger partial charge in [-0.05, 0) is 30.3 Å². The van der Waals surface area contributed by atoms with Gasteiger partial charge in [-0.15, -0.1) is 0 Å². The van der Waals surface area contributed by atoms with Crippen molar-refractivity contribution in [1.82, 2.24) is 0 Å². The van der Waals surface area contributed by atoms with Crippen LogP contribution in [0, 0.1) is 0 Å². The largest absolute Gasteiger partial charge is 0.508 e. The molecular weight excluding hydrogens is 428 g/mol. The predicted molar refractivity (Wildman–Crippen MR) is 104 cm³/mol. The van der Waals surface area contributed by atoms with Gasteiger partial charge in [0.15, 0.2) is 17.6 Å². The minimum atomic E-state index is -1.62. The van der Waals surface area contributed by atoms with E-state index >= 15 is 0 Å². The number of carbonyl (C=O) groups excluding carboxylic acids is 2. The molecule has 4 rings (SSSR count). The first-order valence-electron chi connectivity index (χ1n) is 9.54. The molecule has 2 aromatic carbocycles. The van der Waals surface area contributed by atoms with Crippen molar-refractivity contribution in [2.24, 2.45) is 0 Å². The van der Waals surface area contributed by atoms with Crippen molar-refractivity contribution in [3.63, 3.8) is 0 Å². The summed E-state index contributed by atoms with van der Waals surface area (Å²) in [5.74, 6) is -3.14. The molecule has 2 aromatic rings. The normalized spacial score (nSPS) is 26.5. The number of methoxy groups -OCH3 is 1. The first-order chi connectivity index (χ1) is 15.2. The van der Waals surface area contributed by atoms with E-state index in [1.165, 1.54) is 31.4 Å². The van der Waals surface area contributed by atoms with Crippen LogP contribution < -0.4 is 4.74 Å². The molecule has 0 spiro atoms. The van der Waals surface area contributed by atoms with Gasteiger partial charge in [-0.1, -0.05) is 0 Å². The molecule has 11 heteroatoms. The Hall–Kier alpha value is -3.54. The standard InChI is InChI=1S/C21H20O11/c1-29-17-11(23)6-10-13(15(17)25)18-19(32-21(10)28)16(26)14(24)12(31-18)7-30-20(27)8-2-4-9(22)5-3-8/h2-6,12,14,16,18-19,22-26H,7H2,1H3. The Morgan fingerprint density at radius 2 is 1.78 bits per heavy atom. The van der Waals surface area contributed by atoms with Crippen LogP contribution in [-0.4, -0.2) is 75.6 Å². The maximum atomic E-state index is 12.4. The zero-order valence-electron chi connectivity index (χ0n) is 16.7. The molecule has 0 aromatic heterocycles. The van der Waals surface area contributed by atoms with Gasteiger partial charge in [0.2, 0.25) is 5.75 Å². The number of esters is 2. The SMILES string of the molecule is COc1c(O)cc2c(c1O)C1OC(COC(=O)c3ccc(O)cc3)C(O)C(O)C1OC2=O. The lowest BCUT2D eigenvalue weighted by molar-refractivity contribution is -0.235. The van der Waals surface area contributed by atoms with Crippen LogP contribution >= 0.6 is 0 Å². The second-order valence-corrected chi connectivity index (χ2v) is 7.33. The Morgan fingerprint density at radius 3 is 2.44 bits per heavy atom. The average Bonchev–Trinajstić information content (AvgIpc) is 2.76. The summed E-state index contributed by atoms with van der Waals surface area (Å²) in [5.41, 5.74) is -0.159. The number of carbonyl (C=O) groups is 2. The molecule has 0 bridgehead atoms. The first kappa shape index (κ1) is 21.7. The van der Waals surface area contributed by atoms with E-state index in [9.17, 15) is 35.1 Å². The van der Waals surface area contributed by atoms with Crippen LogP contribution in [-0.2, 0) is 14.2 Å². The van der Waals surface area contributed by atoms with Crippen LogP contribution in [0.1, 0.15) is 32.4 Å². The molecule has 0 saturated carbocycles. The van der Waals surface area contributed by atoms with Gasteiger partial charge < -0.3 is 44.5 Å². The second kappa shape index (κ2) is 8.19. The van der Waals surface area contributed by atoms with Crippen molar-refractivity contribution in [1.29, 1.82) is 0 Å². The summed E-state index contributed by atoms with van der Waals surface area (Å²) in [7, 11) is 1.20. The third kappa shape index (κ3) is 3.55. The summed E-state index contributed by atoms with van der Waals surface area (Å²) in [4.78, 5) is 24.6. The van der Waals surface area contributed by atoms with Gasteiger partial charge in [0.05, 0.1) is 18.2 Å². The number of hydrogen-bond donors (Lipinski definition) is 5. The Bertz CT molecular complexity index is 1050. The molecule has 1 saturated heterocycles. The quantitative estimate of drug-likeness (QED) is 0.409. The summed E-state index contributed by atoms with van der Waals surface area (Å²) in [6.07, 6.45) is -7.06. The maximum Gasteiger partial charge on any atom is 0.339 e. The van der Waals surface area contributed by atoms with Crippen molar-refractivity contribution in [2.75, 3.05) is 13.7 Å². The summed E-state index contributed by atoms with van der Waals surface area (Å²) in [6.45, 7) is -0.472. The van der Waals surface area contributed by atoms with Crippen molar-refractivity contribution in [2.45, 2.75) is 30.5 Å². The number of aromatic hydroxyl groups is 3. The number of phenolic OH excluding ortho intramolecular Hbond substituents is 3. The topological polar surface area (TPSA) is 172 Å². The highest BCUT2D eigenvalue weighted by atomic mass is 16.6. The number of benzene rings is 2. The Morgan fingerprint density at radius 1 is 1.09 bits per heavy atom. The molecule has 0 aliphatic carbocycles. The summed E-state index contributed by atoms with van der Waals surface area (Å²) >= 11 is 0. The van der Waals surface area contributed by atoms with E-state index in [1.807, 2.05) is 0 Å². The van der Waals surface area contributed by atoms with Gasteiger partial charge in [-0.25, -0.2) is 9.59 Å². The smallest absolute Gasteiger partial charge is 0.339 e. The fourth-order valence-electron chi connectivity index (χ4n) is 3.78. The number of aliphatic hydroxyl groups is 2. The van der Waals surface area contributed by atoms with Crippen molar-refractivity contribution in [3.8, 4) is 23.0 Å². The summed E-state index contributed by atoms with van der Waals surface area (Å²) < 4.78 is 21.1. The van der Waals surface area contributed by atoms with Gasteiger partial charge in [0, 0.05) is 5.56 Å². The van der Waals surface area contributed by atoms with Crippen molar-refractivity contribution >= 4 is 11.9 Å². The highest BCUT2D eigenvalue weighted by Gasteiger charge is 2.52. The van der Waals surface area contributed by atoms with Crippen LogP contribution in [0.5, 0.6) is 23.0 Å². The minimum Gasteiger partial charge on any atom is -0.508 e. The molecule has 2 heterocycles. The third-order valence-electron chi connectivity index (χ3n) is 5.39. The van der Waals surface area contributed by atoms with E-state index in [2.05, 4.69) is 0 Å². The van der Waals surface area contributed by atoms with Gasteiger partial charge >= 0.3 is 11.9 Å². The highest BCUT2D eigenvalue weighted by molar-refractivity contribution is 5.95. The van der Waals surface area contributed by atoms with Crippen LogP contribution in [0.15, 0.2) is 30.3 Å². The molecule has 0 radical (unpaired) electrons. The molecule has 170 valence electrons. The van der Waals surface area contributed by atoms with Crippen LogP contribution in [0.3, 0.4) is 0 Å². The maximum absolute atomic E-state index is 12.4. The van der Waals surface area contributed by atoms with Crippen LogP contribution in [0.4, 0.5) is 0 Å². The van der Waals surface area contributed by atoms with E-state index in [-0.39, 0.29) is 28.2 Å². The van der Waals surface area contributed by atoms with Crippen LogP contribution in [0.2, 0.25) is 0 Å². The Labute approximate surface area is 181 Å². The number of fused-ring (bicyclic) bond motifs is 3. The lowest BCUT2D eigenvalue weighted by Crippen LogP contribution is -2.58. The first-order valence-corrected chi connectivity index (χ1v) is 9.54. The van der Waals surface area contributed by atoms with Crippen molar-refractivity contribution in [3.05, 3.63) is 47.0 Å². The van der Waals surface area contributed by atoms with E-state index in [1.54, 1.807) is 0 Å². The number of phenols is 3. The van der Waals surface area contributed by atoms with E-state index in [0.29, 0.717) is 0 Å². The molecule has 5 atom stereocenters. The van der Waals surface area contributed by atoms with E-state index in [0.717, 1.165) is 6.07 Å². The minimum absolute atomic E-state index is 0.0338. The van der Waals surface area contributed by atoms with Gasteiger partial charge in [-0.3, -0.25) is 0 Å². The fraction of sp³-hybridized carbons (Fsp3) is 0.333. The number of ether oxygens (including phenoxy) is 4. The van der Waals surface area contributed by atoms with E-state index in [4.69, 9.17) is 18.9 Å². The third-order valence-corrected chi connectivity index (χ3v) is 5.39. The monoisotopic (exact) mass is 448 g/mol. The molecule has 5 unspecified atom stereocenters.